The highest BCUT2D eigenvalue weighted by molar-refractivity contribution is 5.98. The van der Waals surface area contributed by atoms with Gasteiger partial charge in [-0.25, -0.2) is 13.9 Å². The summed E-state index contributed by atoms with van der Waals surface area (Å²) in [5, 5.41) is 6.53. The molecule has 0 spiro atoms. The first kappa shape index (κ1) is 16.7. The van der Waals surface area contributed by atoms with E-state index in [9.17, 15) is 14.0 Å². The van der Waals surface area contributed by atoms with Gasteiger partial charge >= 0.3 is 5.97 Å². The molecule has 23 heavy (non-hydrogen) atoms. The van der Waals surface area contributed by atoms with Gasteiger partial charge in [-0.1, -0.05) is 6.92 Å². The van der Waals surface area contributed by atoms with E-state index in [1.807, 2.05) is 0 Å². The van der Waals surface area contributed by atoms with Gasteiger partial charge in [0, 0.05) is 18.0 Å². The molecular formula is C16H18FN3O3. The second-order valence-electron chi connectivity index (χ2n) is 5.25. The minimum Gasteiger partial charge on any atom is -0.467 e. The fraction of sp³-hybridized carbons (Fsp3) is 0.312. The molecule has 2 rings (SSSR count). The standard InChI is InChI=1S/C16H18FN3O3/c1-4-16(2,15(22)23-3)19-14(21)11-6-7-13(12(17)10-11)20-9-5-8-18-20/h5-10H,4H2,1-3H3,(H,19,21). The summed E-state index contributed by atoms with van der Waals surface area (Å²) in [7, 11) is 1.25. The lowest BCUT2D eigenvalue weighted by Gasteiger charge is -2.26. The van der Waals surface area contributed by atoms with Gasteiger partial charge < -0.3 is 10.1 Å². The largest absolute Gasteiger partial charge is 0.467 e. The van der Waals surface area contributed by atoms with Crippen molar-refractivity contribution in [1.82, 2.24) is 15.1 Å². The topological polar surface area (TPSA) is 73.2 Å². The monoisotopic (exact) mass is 319 g/mol. The Bertz CT molecular complexity index is 715. The smallest absolute Gasteiger partial charge is 0.331 e. The fourth-order valence-electron chi connectivity index (χ4n) is 2.08. The van der Waals surface area contributed by atoms with E-state index >= 15 is 0 Å². The first-order chi connectivity index (χ1) is 10.9. The number of carbonyl (C=O) groups is 2. The lowest BCUT2D eigenvalue weighted by atomic mass is 9.98. The highest BCUT2D eigenvalue weighted by Gasteiger charge is 2.34. The zero-order valence-electron chi connectivity index (χ0n) is 13.2. The summed E-state index contributed by atoms with van der Waals surface area (Å²) >= 11 is 0. The molecule has 1 atom stereocenters. The maximum Gasteiger partial charge on any atom is 0.331 e. The van der Waals surface area contributed by atoms with E-state index in [1.54, 1.807) is 26.1 Å². The molecule has 1 heterocycles. The number of carbonyl (C=O) groups excluding carboxylic acids is 2. The predicted molar refractivity (Wildman–Crippen MR) is 81.7 cm³/mol. The first-order valence-electron chi connectivity index (χ1n) is 7.11. The molecule has 0 bridgehead atoms. The zero-order chi connectivity index (χ0) is 17.0. The van der Waals surface area contributed by atoms with Crippen molar-refractivity contribution in [3.05, 3.63) is 48.0 Å². The van der Waals surface area contributed by atoms with Crippen molar-refractivity contribution in [3.8, 4) is 5.69 Å². The zero-order valence-corrected chi connectivity index (χ0v) is 13.2. The molecule has 2 aromatic rings. The minimum atomic E-state index is -1.16. The molecule has 122 valence electrons. The number of halogens is 1. The molecule has 1 aromatic heterocycles. The van der Waals surface area contributed by atoms with E-state index in [0.29, 0.717) is 6.42 Å². The SMILES string of the molecule is CCC(C)(NC(=O)c1ccc(-n2cccn2)c(F)c1)C(=O)OC. The van der Waals surface area contributed by atoms with E-state index in [1.165, 1.54) is 30.1 Å². The van der Waals surface area contributed by atoms with Crippen LogP contribution in [0.4, 0.5) is 4.39 Å². The third kappa shape index (κ3) is 3.39. The van der Waals surface area contributed by atoms with Gasteiger partial charge in [-0.3, -0.25) is 4.79 Å². The van der Waals surface area contributed by atoms with Crippen molar-refractivity contribution in [1.29, 1.82) is 0 Å². The van der Waals surface area contributed by atoms with Crippen LogP contribution in [0.15, 0.2) is 36.7 Å². The molecular weight excluding hydrogens is 301 g/mol. The summed E-state index contributed by atoms with van der Waals surface area (Å²) in [5.41, 5.74) is -0.817. The Labute approximate surface area is 133 Å². The van der Waals surface area contributed by atoms with Crippen molar-refractivity contribution in [2.24, 2.45) is 0 Å². The molecule has 0 aliphatic rings. The van der Waals surface area contributed by atoms with Crippen LogP contribution in [0.1, 0.15) is 30.6 Å². The van der Waals surface area contributed by atoms with Crippen LogP contribution in [-0.2, 0) is 9.53 Å². The quantitative estimate of drug-likeness (QED) is 0.856. The second-order valence-corrected chi connectivity index (χ2v) is 5.25. The van der Waals surface area contributed by atoms with E-state index in [4.69, 9.17) is 4.74 Å². The van der Waals surface area contributed by atoms with E-state index in [-0.39, 0.29) is 11.3 Å². The molecule has 7 heteroatoms. The Morgan fingerprint density at radius 2 is 2.17 bits per heavy atom. The summed E-state index contributed by atoms with van der Waals surface area (Å²) in [5.74, 6) is -1.69. The third-order valence-corrected chi connectivity index (χ3v) is 3.69. The number of amides is 1. The van der Waals surface area contributed by atoms with Crippen molar-refractivity contribution < 1.29 is 18.7 Å². The lowest BCUT2D eigenvalue weighted by molar-refractivity contribution is -0.147. The fourth-order valence-corrected chi connectivity index (χ4v) is 2.08. The van der Waals surface area contributed by atoms with Gasteiger partial charge in [0.25, 0.3) is 5.91 Å². The molecule has 0 fully saturated rings. The Morgan fingerprint density at radius 1 is 1.43 bits per heavy atom. The molecule has 0 aliphatic heterocycles. The molecule has 0 saturated carbocycles. The van der Waals surface area contributed by atoms with Gasteiger partial charge in [-0.15, -0.1) is 0 Å². The van der Waals surface area contributed by atoms with Gasteiger partial charge in [-0.2, -0.15) is 5.10 Å². The molecule has 0 saturated heterocycles. The van der Waals surface area contributed by atoms with Crippen molar-refractivity contribution in [3.63, 3.8) is 0 Å². The average Bonchev–Trinajstić information content (AvgIpc) is 3.07. The molecule has 1 aromatic carbocycles. The van der Waals surface area contributed by atoms with E-state index < -0.39 is 23.2 Å². The first-order valence-corrected chi connectivity index (χ1v) is 7.11. The van der Waals surface area contributed by atoms with Gasteiger partial charge in [0.15, 0.2) is 0 Å². The van der Waals surface area contributed by atoms with Crippen molar-refractivity contribution >= 4 is 11.9 Å². The number of benzene rings is 1. The van der Waals surface area contributed by atoms with Crippen molar-refractivity contribution in [2.75, 3.05) is 7.11 Å². The molecule has 0 radical (unpaired) electrons. The Kier molecular flexibility index (Phi) is 4.78. The molecule has 1 amide bonds. The Balaban J connectivity index is 2.24. The maximum atomic E-state index is 14.2. The number of esters is 1. The van der Waals surface area contributed by atoms with Crippen LogP contribution in [0.25, 0.3) is 5.69 Å². The van der Waals surface area contributed by atoms with Crippen LogP contribution in [-0.4, -0.2) is 34.3 Å². The molecule has 1 N–H and O–H groups in total. The van der Waals surface area contributed by atoms with Gasteiger partial charge in [0.1, 0.15) is 17.0 Å². The summed E-state index contributed by atoms with van der Waals surface area (Å²) in [6.07, 6.45) is 3.48. The van der Waals surface area contributed by atoms with Crippen LogP contribution < -0.4 is 5.32 Å². The number of hydrogen-bond donors (Lipinski definition) is 1. The van der Waals surface area contributed by atoms with Crippen LogP contribution in [0, 0.1) is 5.82 Å². The van der Waals surface area contributed by atoms with Gasteiger partial charge in [-0.05, 0) is 37.6 Å². The molecule has 0 aliphatic carbocycles. The summed E-state index contributed by atoms with van der Waals surface area (Å²) < 4.78 is 20.2. The highest BCUT2D eigenvalue weighted by atomic mass is 19.1. The number of hydrogen-bond acceptors (Lipinski definition) is 4. The Hall–Kier alpha value is -2.70. The summed E-state index contributed by atoms with van der Waals surface area (Å²) in [6, 6.07) is 5.71. The van der Waals surface area contributed by atoms with E-state index in [0.717, 1.165) is 6.07 Å². The number of nitrogens with one attached hydrogen (secondary N) is 1. The van der Waals surface area contributed by atoms with Crippen LogP contribution in [0.3, 0.4) is 0 Å². The number of nitrogens with zero attached hydrogens (tertiary/aromatic N) is 2. The third-order valence-electron chi connectivity index (χ3n) is 3.69. The number of ether oxygens (including phenoxy) is 1. The van der Waals surface area contributed by atoms with E-state index in [2.05, 4.69) is 10.4 Å². The molecule has 1 unspecified atom stereocenters. The second kappa shape index (κ2) is 6.60. The highest BCUT2D eigenvalue weighted by Crippen LogP contribution is 2.17. The maximum absolute atomic E-state index is 14.2. The Morgan fingerprint density at radius 3 is 2.70 bits per heavy atom. The predicted octanol–water partition coefficient (Wildman–Crippen LogP) is 2.08. The lowest BCUT2D eigenvalue weighted by Crippen LogP contribution is -2.52. The van der Waals surface area contributed by atoms with Crippen LogP contribution in [0.5, 0.6) is 0 Å². The summed E-state index contributed by atoms with van der Waals surface area (Å²) in [4.78, 5) is 24.1. The van der Waals surface area contributed by atoms with Crippen LogP contribution in [0.2, 0.25) is 0 Å². The number of rotatable bonds is 5. The van der Waals surface area contributed by atoms with Crippen LogP contribution >= 0.6 is 0 Å². The van der Waals surface area contributed by atoms with Gasteiger partial charge in [0.2, 0.25) is 0 Å². The minimum absolute atomic E-state index is 0.113. The number of methoxy groups -OCH3 is 1. The molecule has 6 nitrogen and oxygen atoms in total. The summed E-state index contributed by atoms with van der Waals surface area (Å²) in [6.45, 7) is 3.31. The number of aromatic nitrogens is 2. The van der Waals surface area contributed by atoms with Crippen molar-refractivity contribution in [2.45, 2.75) is 25.8 Å². The average molecular weight is 319 g/mol. The van der Waals surface area contributed by atoms with Gasteiger partial charge in [0.05, 0.1) is 7.11 Å². The normalized spacial score (nSPS) is 13.2.